The van der Waals surface area contributed by atoms with Crippen molar-refractivity contribution in [2.75, 3.05) is 13.2 Å². The molecule has 1 saturated heterocycles. The van der Waals surface area contributed by atoms with Gasteiger partial charge in [0.25, 0.3) is 0 Å². The van der Waals surface area contributed by atoms with Crippen molar-refractivity contribution in [1.29, 1.82) is 0 Å². The maximum atomic E-state index is 13.4. The maximum Gasteiger partial charge on any atom is 0.411 e. The van der Waals surface area contributed by atoms with Gasteiger partial charge in [-0.05, 0) is 55.2 Å². The van der Waals surface area contributed by atoms with Crippen molar-refractivity contribution in [2.45, 2.75) is 44.4 Å². The average molecular weight is 423 g/mol. The highest BCUT2D eigenvalue weighted by Crippen LogP contribution is 2.39. The summed E-state index contributed by atoms with van der Waals surface area (Å²) >= 11 is 0. The first-order valence-electron chi connectivity index (χ1n) is 9.76. The highest BCUT2D eigenvalue weighted by Gasteiger charge is 2.40. The number of alkyl halides is 2. The number of nitrogens with zero attached hydrogens (tertiary/aromatic N) is 1. The van der Waals surface area contributed by atoms with Crippen LogP contribution >= 0.6 is 0 Å². The molecule has 2 aromatic rings. The van der Waals surface area contributed by atoms with Crippen LogP contribution in [0.1, 0.15) is 43.4 Å². The molecule has 8 heteroatoms. The lowest BCUT2D eigenvalue weighted by Crippen LogP contribution is -2.38. The van der Waals surface area contributed by atoms with Gasteiger partial charge in [0.1, 0.15) is 17.2 Å². The molecule has 5 nitrogen and oxygen atoms in total. The molecule has 0 radical (unpaired) electrons. The molecular formula is C22H24F3NO4. The summed E-state index contributed by atoms with van der Waals surface area (Å²) in [5, 5.41) is 9.57. The van der Waals surface area contributed by atoms with Crippen molar-refractivity contribution in [3.8, 4) is 5.75 Å². The van der Waals surface area contributed by atoms with Crippen LogP contribution in [0.25, 0.3) is 0 Å². The second-order valence-electron chi connectivity index (χ2n) is 7.26. The van der Waals surface area contributed by atoms with Gasteiger partial charge in [0, 0.05) is 19.6 Å². The Morgan fingerprint density at radius 1 is 1.17 bits per heavy atom. The largest absolute Gasteiger partial charge is 0.438 e. The van der Waals surface area contributed by atoms with Crippen LogP contribution < -0.4 is 4.74 Å². The standard InChI is InChI=1S/C22H24F3NO4/c1-15(16-3-9-19(10-4-16)29-20(24)25)26-13-2-11-22(12-14-27,30-21(26)28)17-5-7-18(23)8-6-17/h3-10,15,20,27H,2,11-14H2,1H3. The third kappa shape index (κ3) is 4.87. The Morgan fingerprint density at radius 3 is 2.43 bits per heavy atom. The fraction of sp³-hybridized carbons (Fsp3) is 0.409. The molecule has 162 valence electrons. The minimum absolute atomic E-state index is 0.0395. The molecule has 2 atom stereocenters. The SMILES string of the molecule is CC(c1ccc(OC(F)F)cc1)N1CCCC(CCO)(c2ccc(F)cc2)OC1=O. The van der Waals surface area contributed by atoms with Gasteiger partial charge in [0.05, 0.1) is 6.04 Å². The number of halogens is 3. The lowest BCUT2D eigenvalue weighted by Gasteiger charge is -2.33. The lowest BCUT2D eigenvalue weighted by atomic mass is 9.86. The van der Waals surface area contributed by atoms with E-state index in [-0.39, 0.29) is 24.8 Å². The van der Waals surface area contributed by atoms with Gasteiger partial charge in [-0.15, -0.1) is 0 Å². The first-order chi connectivity index (χ1) is 14.3. The smallest absolute Gasteiger partial charge is 0.411 e. The summed E-state index contributed by atoms with van der Waals surface area (Å²) in [6, 6.07) is 11.5. The third-order valence-corrected chi connectivity index (χ3v) is 5.44. The van der Waals surface area contributed by atoms with Crippen LogP contribution in [-0.2, 0) is 10.3 Å². The van der Waals surface area contributed by atoms with E-state index in [2.05, 4.69) is 4.74 Å². The summed E-state index contributed by atoms with van der Waals surface area (Å²) in [6.45, 7) is -0.851. The van der Waals surface area contributed by atoms with E-state index in [1.54, 1.807) is 29.2 Å². The highest BCUT2D eigenvalue weighted by atomic mass is 19.3. The zero-order valence-corrected chi connectivity index (χ0v) is 16.6. The minimum Gasteiger partial charge on any atom is -0.438 e. The predicted molar refractivity (Wildman–Crippen MR) is 104 cm³/mol. The molecule has 3 rings (SSSR count). The molecular weight excluding hydrogens is 399 g/mol. The van der Waals surface area contributed by atoms with Crippen LogP contribution in [0.3, 0.4) is 0 Å². The van der Waals surface area contributed by atoms with Crippen LogP contribution in [0.2, 0.25) is 0 Å². The molecule has 1 heterocycles. The number of carbonyl (C=O) groups excluding carboxylic acids is 1. The number of aliphatic hydroxyl groups is 1. The normalized spacial score (nSPS) is 20.6. The van der Waals surface area contributed by atoms with Crippen LogP contribution in [-0.4, -0.2) is 35.9 Å². The monoisotopic (exact) mass is 423 g/mol. The van der Waals surface area contributed by atoms with Crippen LogP contribution in [0.15, 0.2) is 48.5 Å². The Labute approximate surface area is 173 Å². The van der Waals surface area contributed by atoms with Gasteiger partial charge in [0.2, 0.25) is 0 Å². The summed E-state index contributed by atoms with van der Waals surface area (Å²) < 4.78 is 48.3. The zero-order chi connectivity index (χ0) is 21.7. The Balaban J connectivity index is 1.80. The Hall–Kier alpha value is -2.74. The van der Waals surface area contributed by atoms with Gasteiger partial charge >= 0.3 is 12.7 Å². The second kappa shape index (κ2) is 9.38. The molecule has 0 aromatic heterocycles. The van der Waals surface area contributed by atoms with Gasteiger partial charge in [-0.1, -0.05) is 24.3 Å². The molecule has 0 aliphatic carbocycles. The molecule has 30 heavy (non-hydrogen) atoms. The summed E-state index contributed by atoms with van der Waals surface area (Å²) in [5.41, 5.74) is 0.336. The Kier molecular flexibility index (Phi) is 6.87. The van der Waals surface area contributed by atoms with Crippen molar-refractivity contribution < 1.29 is 32.5 Å². The summed E-state index contributed by atoms with van der Waals surface area (Å²) in [7, 11) is 0. The topological polar surface area (TPSA) is 59.0 Å². The maximum absolute atomic E-state index is 13.4. The van der Waals surface area contributed by atoms with Gasteiger partial charge < -0.3 is 19.5 Å². The molecule has 0 bridgehead atoms. The molecule has 2 unspecified atom stereocenters. The molecule has 1 aliphatic rings. The van der Waals surface area contributed by atoms with Crippen molar-refractivity contribution in [1.82, 2.24) is 4.90 Å². The Bertz CT molecular complexity index is 844. The number of amides is 1. The van der Waals surface area contributed by atoms with Crippen LogP contribution in [0.4, 0.5) is 18.0 Å². The van der Waals surface area contributed by atoms with E-state index in [1.807, 2.05) is 6.92 Å². The molecule has 0 saturated carbocycles. The van der Waals surface area contributed by atoms with E-state index in [9.17, 15) is 23.1 Å². The number of rotatable bonds is 7. The number of hydrogen-bond acceptors (Lipinski definition) is 4. The number of aliphatic hydroxyl groups excluding tert-OH is 1. The molecule has 1 amide bonds. The first-order valence-corrected chi connectivity index (χ1v) is 9.76. The van der Waals surface area contributed by atoms with Gasteiger partial charge in [-0.25, -0.2) is 9.18 Å². The van der Waals surface area contributed by atoms with E-state index in [0.29, 0.717) is 24.9 Å². The second-order valence-corrected chi connectivity index (χ2v) is 7.26. The third-order valence-electron chi connectivity index (χ3n) is 5.44. The van der Waals surface area contributed by atoms with Gasteiger partial charge in [-0.3, -0.25) is 0 Å². The number of hydrogen-bond donors (Lipinski definition) is 1. The molecule has 1 N–H and O–H groups in total. The zero-order valence-electron chi connectivity index (χ0n) is 16.6. The van der Waals surface area contributed by atoms with Gasteiger partial charge in [-0.2, -0.15) is 8.78 Å². The van der Waals surface area contributed by atoms with Crippen molar-refractivity contribution >= 4 is 6.09 Å². The molecule has 0 spiro atoms. The number of carbonyl (C=O) groups is 1. The highest BCUT2D eigenvalue weighted by molar-refractivity contribution is 5.69. The van der Waals surface area contributed by atoms with Crippen molar-refractivity contribution in [3.63, 3.8) is 0 Å². The molecule has 1 aliphatic heterocycles. The van der Waals surface area contributed by atoms with Crippen LogP contribution in [0, 0.1) is 5.82 Å². The fourth-order valence-corrected chi connectivity index (χ4v) is 3.82. The molecule has 1 fully saturated rings. The number of benzene rings is 2. The quantitative estimate of drug-likeness (QED) is 0.681. The van der Waals surface area contributed by atoms with Gasteiger partial charge in [0.15, 0.2) is 0 Å². The predicted octanol–water partition coefficient (Wildman–Crippen LogP) is 5.00. The van der Waals surface area contributed by atoms with E-state index >= 15 is 0 Å². The minimum atomic E-state index is -2.90. The summed E-state index contributed by atoms with van der Waals surface area (Å²) in [6.07, 6.45) is 0.743. The molecule has 2 aromatic carbocycles. The van der Waals surface area contributed by atoms with E-state index in [0.717, 1.165) is 5.56 Å². The van der Waals surface area contributed by atoms with E-state index < -0.39 is 24.1 Å². The summed E-state index contributed by atoms with van der Waals surface area (Å²) in [5.74, 6) is -0.356. The number of cyclic esters (lactones) is 1. The summed E-state index contributed by atoms with van der Waals surface area (Å²) in [4.78, 5) is 14.6. The van der Waals surface area contributed by atoms with E-state index in [1.165, 1.54) is 24.3 Å². The number of ether oxygens (including phenoxy) is 2. The lowest BCUT2D eigenvalue weighted by molar-refractivity contribution is -0.0498. The fourth-order valence-electron chi connectivity index (χ4n) is 3.82. The van der Waals surface area contributed by atoms with Crippen molar-refractivity contribution in [3.05, 3.63) is 65.5 Å². The average Bonchev–Trinajstić information content (AvgIpc) is 2.87. The first kappa shape index (κ1) is 22.0. The van der Waals surface area contributed by atoms with Crippen LogP contribution in [0.5, 0.6) is 5.75 Å². The Morgan fingerprint density at radius 2 is 1.83 bits per heavy atom. The van der Waals surface area contributed by atoms with Crippen molar-refractivity contribution in [2.24, 2.45) is 0 Å². The van der Waals surface area contributed by atoms with E-state index in [4.69, 9.17) is 4.74 Å².